The van der Waals surface area contributed by atoms with Crippen molar-refractivity contribution in [3.63, 3.8) is 0 Å². The second-order valence-corrected chi connectivity index (χ2v) is 4.71. The zero-order valence-corrected chi connectivity index (χ0v) is 10.9. The Morgan fingerprint density at radius 1 is 1.11 bits per heavy atom. The molecule has 1 aliphatic rings. The van der Waals surface area contributed by atoms with Gasteiger partial charge in [0.25, 0.3) is 0 Å². The van der Waals surface area contributed by atoms with Crippen LogP contribution in [0.5, 0.6) is 11.5 Å². The van der Waals surface area contributed by atoms with Crippen LogP contribution < -0.4 is 20.5 Å². The average Bonchev–Trinajstić information content (AvgIpc) is 2.85. The van der Waals surface area contributed by atoms with Crippen molar-refractivity contribution >= 4 is 23.0 Å². The number of nitrogens with two attached hydrogens (primary N) is 1. The summed E-state index contributed by atoms with van der Waals surface area (Å²) >= 11 is 5.86. The summed E-state index contributed by atoms with van der Waals surface area (Å²) in [7, 11) is 0. The van der Waals surface area contributed by atoms with Crippen LogP contribution in [0.1, 0.15) is 5.56 Å². The number of rotatable bonds is 3. The van der Waals surface area contributed by atoms with Gasteiger partial charge in [0.15, 0.2) is 11.5 Å². The average molecular weight is 277 g/mol. The van der Waals surface area contributed by atoms with E-state index in [9.17, 15) is 0 Å². The van der Waals surface area contributed by atoms with Gasteiger partial charge >= 0.3 is 0 Å². The number of fused-ring (bicyclic) bond motifs is 1. The second kappa shape index (κ2) is 4.90. The number of ether oxygens (including phenoxy) is 2. The second-order valence-electron chi connectivity index (χ2n) is 4.27. The fourth-order valence-electron chi connectivity index (χ4n) is 1.94. The maximum atomic E-state index is 5.88. The third kappa shape index (κ3) is 2.53. The van der Waals surface area contributed by atoms with E-state index < -0.39 is 0 Å². The zero-order valence-electron chi connectivity index (χ0n) is 10.2. The van der Waals surface area contributed by atoms with Gasteiger partial charge in [0, 0.05) is 11.6 Å². The molecule has 19 heavy (non-hydrogen) atoms. The molecule has 3 rings (SSSR count). The van der Waals surface area contributed by atoms with Crippen LogP contribution in [0.4, 0.5) is 11.4 Å². The highest BCUT2D eigenvalue weighted by molar-refractivity contribution is 6.31. The molecule has 2 aromatic rings. The van der Waals surface area contributed by atoms with Crippen molar-refractivity contribution in [1.29, 1.82) is 0 Å². The van der Waals surface area contributed by atoms with E-state index in [2.05, 4.69) is 5.32 Å². The van der Waals surface area contributed by atoms with Gasteiger partial charge in [-0.05, 0) is 35.9 Å². The number of benzene rings is 2. The summed E-state index contributed by atoms with van der Waals surface area (Å²) in [5, 5.41) is 3.90. The SMILES string of the molecule is Nc1cc(Cl)ccc1NCc1ccc2c(c1)OCO2. The molecule has 0 saturated carbocycles. The smallest absolute Gasteiger partial charge is 0.231 e. The van der Waals surface area contributed by atoms with Crippen LogP contribution in [0.2, 0.25) is 5.02 Å². The first kappa shape index (κ1) is 12.0. The number of hydrogen-bond donors (Lipinski definition) is 2. The molecule has 0 atom stereocenters. The summed E-state index contributed by atoms with van der Waals surface area (Å²) in [5.74, 6) is 1.57. The predicted octanol–water partition coefficient (Wildman–Crippen LogP) is 3.26. The minimum Gasteiger partial charge on any atom is -0.454 e. The Labute approximate surface area is 116 Å². The van der Waals surface area contributed by atoms with Gasteiger partial charge in [0.2, 0.25) is 6.79 Å². The van der Waals surface area contributed by atoms with Gasteiger partial charge in [-0.2, -0.15) is 0 Å². The highest BCUT2D eigenvalue weighted by Gasteiger charge is 2.13. The van der Waals surface area contributed by atoms with Crippen LogP contribution in [0, 0.1) is 0 Å². The predicted molar refractivity (Wildman–Crippen MR) is 75.8 cm³/mol. The molecular formula is C14H13ClN2O2. The topological polar surface area (TPSA) is 56.5 Å². The van der Waals surface area contributed by atoms with Gasteiger partial charge in [0.1, 0.15) is 0 Å². The monoisotopic (exact) mass is 276 g/mol. The first-order valence-electron chi connectivity index (χ1n) is 5.90. The lowest BCUT2D eigenvalue weighted by Gasteiger charge is -2.10. The van der Waals surface area contributed by atoms with E-state index in [1.807, 2.05) is 24.3 Å². The minimum absolute atomic E-state index is 0.288. The number of hydrogen-bond acceptors (Lipinski definition) is 4. The Morgan fingerprint density at radius 2 is 1.95 bits per heavy atom. The molecule has 0 spiro atoms. The van der Waals surface area contributed by atoms with E-state index in [1.165, 1.54) is 0 Å². The van der Waals surface area contributed by atoms with Crippen molar-refractivity contribution in [2.24, 2.45) is 0 Å². The van der Waals surface area contributed by atoms with Crippen LogP contribution in [-0.2, 0) is 6.54 Å². The van der Waals surface area contributed by atoms with E-state index >= 15 is 0 Å². The molecule has 0 aromatic heterocycles. The largest absolute Gasteiger partial charge is 0.454 e. The molecule has 0 radical (unpaired) electrons. The van der Waals surface area contributed by atoms with Gasteiger partial charge in [-0.1, -0.05) is 17.7 Å². The lowest BCUT2D eigenvalue weighted by molar-refractivity contribution is 0.174. The molecule has 3 N–H and O–H groups in total. The molecular weight excluding hydrogens is 264 g/mol. The molecule has 4 nitrogen and oxygen atoms in total. The third-order valence-corrected chi connectivity index (χ3v) is 3.17. The molecule has 1 heterocycles. The summed E-state index contributed by atoms with van der Waals surface area (Å²) in [6, 6.07) is 11.3. The van der Waals surface area contributed by atoms with Crippen molar-refractivity contribution < 1.29 is 9.47 Å². The lowest BCUT2D eigenvalue weighted by Crippen LogP contribution is -2.02. The molecule has 1 aliphatic heterocycles. The first-order valence-corrected chi connectivity index (χ1v) is 6.27. The fraction of sp³-hybridized carbons (Fsp3) is 0.143. The van der Waals surface area contributed by atoms with Crippen LogP contribution in [0.25, 0.3) is 0 Å². The fourth-order valence-corrected chi connectivity index (χ4v) is 2.12. The molecule has 0 saturated heterocycles. The highest BCUT2D eigenvalue weighted by Crippen LogP contribution is 2.33. The van der Waals surface area contributed by atoms with E-state index in [1.54, 1.807) is 12.1 Å². The third-order valence-electron chi connectivity index (χ3n) is 2.93. The molecule has 0 amide bonds. The van der Waals surface area contributed by atoms with Crippen LogP contribution >= 0.6 is 11.6 Å². The quantitative estimate of drug-likeness (QED) is 0.845. The highest BCUT2D eigenvalue weighted by atomic mass is 35.5. The number of nitrogens with one attached hydrogen (secondary N) is 1. The van der Waals surface area contributed by atoms with Gasteiger partial charge in [-0.15, -0.1) is 0 Å². The Kier molecular flexibility index (Phi) is 3.09. The summed E-state index contributed by atoms with van der Waals surface area (Å²) < 4.78 is 10.6. The maximum absolute atomic E-state index is 5.88. The van der Waals surface area contributed by atoms with Gasteiger partial charge in [0.05, 0.1) is 11.4 Å². The van der Waals surface area contributed by atoms with Crippen molar-refractivity contribution in [1.82, 2.24) is 0 Å². The first-order chi connectivity index (χ1) is 9.22. The van der Waals surface area contributed by atoms with Crippen LogP contribution in [0.15, 0.2) is 36.4 Å². The molecule has 0 aliphatic carbocycles. The lowest BCUT2D eigenvalue weighted by atomic mass is 10.2. The molecule has 5 heteroatoms. The number of nitrogen functional groups attached to an aromatic ring is 1. The van der Waals surface area contributed by atoms with Crippen molar-refractivity contribution in [2.45, 2.75) is 6.54 Å². The minimum atomic E-state index is 0.288. The number of halogens is 1. The van der Waals surface area contributed by atoms with Gasteiger partial charge in [-0.25, -0.2) is 0 Å². The molecule has 0 bridgehead atoms. The van der Waals surface area contributed by atoms with Gasteiger partial charge in [-0.3, -0.25) is 0 Å². The van der Waals surface area contributed by atoms with E-state index in [4.69, 9.17) is 26.8 Å². The normalized spacial score (nSPS) is 12.5. The molecule has 0 fully saturated rings. The van der Waals surface area contributed by atoms with E-state index in [0.29, 0.717) is 17.3 Å². The van der Waals surface area contributed by atoms with Crippen molar-refractivity contribution in [3.05, 3.63) is 47.0 Å². The number of anilines is 2. The van der Waals surface area contributed by atoms with Gasteiger partial charge < -0.3 is 20.5 Å². The van der Waals surface area contributed by atoms with Crippen LogP contribution in [-0.4, -0.2) is 6.79 Å². The summed E-state index contributed by atoms with van der Waals surface area (Å²) in [6.45, 7) is 0.943. The van der Waals surface area contributed by atoms with Crippen molar-refractivity contribution in [3.8, 4) is 11.5 Å². The summed E-state index contributed by atoms with van der Waals surface area (Å²) in [6.07, 6.45) is 0. The standard InChI is InChI=1S/C14H13ClN2O2/c15-10-2-3-12(11(16)6-10)17-7-9-1-4-13-14(5-9)19-8-18-13/h1-6,17H,7-8,16H2. The zero-order chi connectivity index (χ0) is 13.2. The Hall–Kier alpha value is -2.07. The van der Waals surface area contributed by atoms with E-state index in [-0.39, 0.29) is 6.79 Å². The van der Waals surface area contributed by atoms with E-state index in [0.717, 1.165) is 22.7 Å². The maximum Gasteiger partial charge on any atom is 0.231 e. The van der Waals surface area contributed by atoms with Crippen LogP contribution in [0.3, 0.4) is 0 Å². The summed E-state index contributed by atoms with van der Waals surface area (Å²) in [5.41, 5.74) is 8.48. The molecule has 98 valence electrons. The summed E-state index contributed by atoms with van der Waals surface area (Å²) in [4.78, 5) is 0. The Bertz CT molecular complexity index is 616. The Morgan fingerprint density at radius 3 is 2.79 bits per heavy atom. The van der Waals surface area contributed by atoms with Crippen molar-refractivity contribution in [2.75, 3.05) is 17.8 Å². The molecule has 0 unspecified atom stereocenters. The Balaban J connectivity index is 1.72. The molecule has 2 aromatic carbocycles.